The number of nitrogens with two attached hydrogens (primary N) is 1. The molecule has 2 N–H and O–H groups in total. The van der Waals surface area contributed by atoms with Crippen molar-refractivity contribution < 1.29 is 4.79 Å². The minimum absolute atomic E-state index is 0.0936. The average Bonchev–Trinajstić information content (AvgIpc) is 2.45. The topological polar surface area (TPSA) is 83.0 Å². The predicted octanol–water partition coefficient (Wildman–Crippen LogP) is 0.245. The summed E-state index contributed by atoms with van der Waals surface area (Å²) >= 11 is 1.20. The number of hydrogen-bond acceptors (Lipinski definition) is 5. The zero-order valence-electron chi connectivity index (χ0n) is 7.94. The van der Waals surface area contributed by atoms with E-state index >= 15 is 0 Å². The molecule has 0 atom stereocenters. The quantitative estimate of drug-likeness (QED) is 0.774. The van der Waals surface area contributed by atoms with Crippen LogP contribution in [0.15, 0.2) is 0 Å². The summed E-state index contributed by atoms with van der Waals surface area (Å²) in [6.45, 7) is 1.85. The van der Waals surface area contributed by atoms with Crippen LogP contribution in [-0.2, 0) is 4.79 Å². The Labute approximate surface area is 85.9 Å². The van der Waals surface area contributed by atoms with Crippen molar-refractivity contribution in [2.75, 3.05) is 18.5 Å². The van der Waals surface area contributed by atoms with E-state index in [1.807, 2.05) is 0 Å². The highest BCUT2D eigenvalue weighted by atomic mass is 32.1. The largest absolute Gasteiger partial charge is 0.368 e. The Balaban J connectivity index is 2.96. The lowest BCUT2D eigenvalue weighted by molar-refractivity contribution is -0.116. The Bertz CT molecular complexity index is 393. The van der Waals surface area contributed by atoms with E-state index in [0.717, 1.165) is 0 Å². The van der Waals surface area contributed by atoms with E-state index in [-0.39, 0.29) is 6.54 Å². The van der Waals surface area contributed by atoms with Crippen LogP contribution in [0.4, 0.5) is 5.00 Å². The van der Waals surface area contributed by atoms with Crippen molar-refractivity contribution in [1.82, 2.24) is 4.37 Å². The molecule has 0 aliphatic carbocycles. The number of primary amides is 1. The van der Waals surface area contributed by atoms with Gasteiger partial charge in [-0.3, -0.25) is 4.79 Å². The van der Waals surface area contributed by atoms with Crippen molar-refractivity contribution in [3.8, 4) is 6.07 Å². The van der Waals surface area contributed by atoms with E-state index in [1.54, 1.807) is 18.9 Å². The molecule has 0 saturated carbocycles. The van der Waals surface area contributed by atoms with Gasteiger partial charge in [0.05, 0.1) is 12.2 Å². The van der Waals surface area contributed by atoms with Gasteiger partial charge in [-0.25, -0.2) is 0 Å². The smallest absolute Gasteiger partial charge is 0.236 e. The molecule has 0 saturated heterocycles. The number of likely N-dealkylation sites (N-methyl/N-ethyl adjacent to an activating group) is 1. The fourth-order valence-electron chi connectivity index (χ4n) is 1.05. The third-order valence-corrected chi connectivity index (χ3v) is 2.75. The van der Waals surface area contributed by atoms with Crippen LogP contribution in [-0.4, -0.2) is 23.9 Å². The number of hydrogen-bond donors (Lipinski definition) is 1. The van der Waals surface area contributed by atoms with Crippen LogP contribution in [0.25, 0.3) is 0 Å². The lowest BCUT2D eigenvalue weighted by Crippen LogP contribution is -2.30. The summed E-state index contributed by atoms with van der Waals surface area (Å²) < 4.78 is 4.04. The van der Waals surface area contributed by atoms with Gasteiger partial charge in [0.25, 0.3) is 0 Å². The lowest BCUT2D eigenvalue weighted by atomic mass is 10.2. The summed E-state index contributed by atoms with van der Waals surface area (Å²) in [6.07, 6.45) is 0. The van der Waals surface area contributed by atoms with Crippen LogP contribution in [0, 0.1) is 18.3 Å². The zero-order chi connectivity index (χ0) is 10.7. The maximum Gasteiger partial charge on any atom is 0.236 e. The Morgan fingerprint density at radius 1 is 1.79 bits per heavy atom. The molecule has 5 nitrogen and oxygen atoms in total. The highest BCUT2D eigenvalue weighted by Gasteiger charge is 2.14. The number of aromatic nitrogens is 1. The van der Waals surface area contributed by atoms with Crippen molar-refractivity contribution >= 4 is 22.4 Å². The molecule has 1 rings (SSSR count). The maximum absolute atomic E-state index is 10.7. The molecule has 1 aromatic heterocycles. The van der Waals surface area contributed by atoms with Crippen LogP contribution in [0.3, 0.4) is 0 Å². The highest BCUT2D eigenvalue weighted by molar-refractivity contribution is 7.10. The summed E-state index contributed by atoms with van der Waals surface area (Å²) in [4.78, 5) is 12.3. The van der Waals surface area contributed by atoms with E-state index < -0.39 is 5.91 Å². The van der Waals surface area contributed by atoms with Gasteiger partial charge in [-0.2, -0.15) is 9.64 Å². The van der Waals surface area contributed by atoms with E-state index in [9.17, 15) is 4.79 Å². The number of anilines is 1. The second kappa shape index (κ2) is 4.07. The van der Waals surface area contributed by atoms with E-state index in [1.165, 1.54) is 11.5 Å². The number of carbonyl (C=O) groups is 1. The summed E-state index contributed by atoms with van der Waals surface area (Å²) in [7, 11) is 1.71. The molecular weight excluding hydrogens is 200 g/mol. The molecule has 6 heteroatoms. The molecule has 0 spiro atoms. The summed E-state index contributed by atoms with van der Waals surface area (Å²) in [5.74, 6) is -0.428. The van der Waals surface area contributed by atoms with Crippen LogP contribution in [0.5, 0.6) is 0 Å². The molecule has 1 heterocycles. The Morgan fingerprint density at radius 3 is 2.93 bits per heavy atom. The molecule has 0 aliphatic heterocycles. The van der Waals surface area contributed by atoms with Crippen molar-refractivity contribution in [3.63, 3.8) is 0 Å². The Morgan fingerprint density at radius 2 is 2.43 bits per heavy atom. The first-order valence-corrected chi connectivity index (χ1v) is 4.69. The molecule has 0 aliphatic rings. The molecule has 14 heavy (non-hydrogen) atoms. The molecule has 1 amide bonds. The summed E-state index contributed by atoms with van der Waals surface area (Å²) in [5.41, 5.74) is 6.25. The van der Waals surface area contributed by atoms with Crippen LogP contribution in [0.2, 0.25) is 0 Å². The van der Waals surface area contributed by atoms with E-state index in [4.69, 9.17) is 11.0 Å². The van der Waals surface area contributed by atoms with Gasteiger partial charge >= 0.3 is 0 Å². The minimum atomic E-state index is -0.428. The maximum atomic E-state index is 10.7. The number of nitrogens with zero attached hydrogens (tertiary/aromatic N) is 3. The van der Waals surface area contributed by atoms with Crippen molar-refractivity contribution in [3.05, 3.63) is 11.3 Å². The molecule has 0 radical (unpaired) electrons. The number of amides is 1. The number of carbonyl (C=O) groups excluding carboxylic acids is 1. The van der Waals surface area contributed by atoms with Gasteiger partial charge in [0.2, 0.25) is 5.91 Å². The minimum Gasteiger partial charge on any atom is -0.368 e. The number of nitriles is 1. The summed E-state index contributed by atoms with van der Waals surface area (Å²) in [6, 6.07) is 2.05. The van der Waals surface area contributed by atoms with Gasteiger partial charge in [0.1, 0.15) is 16.6 Å². The summed E-state index contributed by atoms with van der Waals surface area (Å²) in [5, 5.41) is 9.53. The lowest BCUT2D eigenvalue weighted by Gasteiger charge is -2.14. The molecule has 1 aromatic rings. The third-order valence-electron chi connectivity index (χ3n) is 1.70. The predicted molar refractivity (Wildman–Crippen MR) is 54.0 cm³/mol. The number of rotatable bonds is 3. The first-order chi connectivity index (χ1) is 6.56. The van der Waals surface area contributed by atoms with Crippen LogP contribution < -0.4 is 10.6 Å². The Kier molecular flexibility index (Phi) is 3.04. The highest BCUT2D eigenvalue weighted by Crippen LogP contribution is 2.26. The first kappa shape index (κ1) is 10.5. The van der Waals surface area contributed by atoms with Gasteiger partial charge in [-0.05, 0) is 18.5 Å². The Hall–Kier alpha value is -1.61. The fraction of sp³-hybridized carbons (Fsp3) is 0.375. The second-order valence-corrected chi connectivity index (χ2v) is 3.63. The van der Waals surface area contributed by atoms with Gasteiger partial charge in [0.15, 0.2) is 0 Å². The normalized spacial score (nSPS) is 9.50. The molecule has 0 aromatic carbocycles. The molecule has 0 fully saturated rings. The second-order valence-electron chi connectivity index (χ2n) is 2.88. The zero-order valence-corrected chi connectivity index (χ0v) is 8.76. The monoisotopic (exact) mass is 210 g/mol. The van der Waals surface area contributed by atoms with Crippen molar-refractivity contribution in [1.29, 1.82) is 5.26 Å². The van der Waals surface area contributed by atoms with E-state index in [2.05, 4.69) is 10.4 Å². The third kappa shape index (κ3) is 2.00. The molecule has 0 unspecified atom stereocenters. The van der Waals surface area contributed by atoms with Crippen molar-refractivity contribution in [2.24, 2.45) is 5.73 Å². The van der Waals surface area contributed by atoms with Gasteiger partial charge in [0, 0.05) is 7.05 Å². The average molecular weight is 210 g/mol. The van der Waals surface area contributed by atoms with Gasteiger partial charge in [-0.1, -0.05) is 0 Å². The van der Waals surface area contributed by atoms with Gasteiger partial charge in [-0.15, -0.1) is 0 Å². The molecule has 0 bridgehead atoms. The van der Waals surface area contributed by atoms with Crippen LogP contribution >= 0.6 is 11.5 Å². The number of aryl methyl sites for hydroxylation is 1. The first-order valence-electron chi connectivity index (χ1n) is 3.92. The van der Waals surface area contributed by atoms with Gasteiger partial charge < -0.3 is 10.6 Å². The fourth-order valence-corrected chi connectivity index (χ4v) is 1.86. The van der Waals surface area contributed by atoms with Crippen LogP contribution in [0.1, 0.15) is 11.3 Å². The SMILES string of the molecule is Cc1nsc(N(C)CC(N)=O)c1C#N. The molecule has 74 valence electrons. The standard InChI is InChI=1S/C8H10N4OS/c1-5-6(3-9)8(14-11-5)12(2)4-7(10)13/h4H2,1-2H3,(H2,10,13). The van der Waals surface area contributed by atoms with E-state index in [0.29, 0.717) is 16.3 Å². The van der Waals surface area contributed by atoms with Crippen molar-refractivity contribution in [2.45, 2.75) is 6.92 Å². The molecular formula is C8H10N4OS.